The van der Waals surface area contributed by atoms with E-state index in [1.54, 1.807) is 0 Å². The molecule has 1 aromatic rings. The van der Waals surface area contributed by atoms with Crippen molar-refractivity contribution in [3.63, 3.8) is 0 Å². The first-order valence-corrected chi connectivity index (χ1v) is 9.86. The van der Waals surface area contributed by atoms with Crippen LogP contribution in [0.3, 0.4) is 0 Å². The third-order valence-corrected chi connectivity index (χ3v) is 6.37. The van der Waals surface area contributed by atoms with Crippen LogP contribution in [-0.4, -0.2) is 38.7 Å². The quantitative estimate of drug-likeness (QED) is 0.841. The second-order valence-corrected chi connectivity index (χ2v) is 8.09. The highest BCUT2D eigenvalue weighted by atomic mass is 32.1. The average molecular weight is 351 g/mol. The lowest BCUT2D eigenvalue weighted by atomic mass is 9.79. The molecule has 2 atom stereocenters. The first kappa shape index (κ1) is 17.6. The first-order valence-electron chi connectivity index (χ1n) is 9.45. The lowest BCUT2D eigenvalue weighted by Gasteiger charge is -2.34. The zero-order chi connectivity index (χ0) is 17.1. The Bertz CT molecular complexity index is 617. The van der Waals surface area contributed by atoms with E-state index >= 15 is 0 Å². The SMILES string of the molecule is C[C@@H](CC(=O)N1CCC[C@H](c2n[nH]c(=S)n2C)C1)C1CCCCC1. The Labute approximate surface area is 149 Å². The molecule has 0 spiro atoms. The molecule has 6 heteroatoms. The van der Waals surface area contributed by atoms with Gasteiger partial charge in [0.15, 0.2) is 4.77 Å². The van der Waals surface area contributed by atoms with Gasteiger partial charge in [-0.1, -0.05) is 39.0 Å². The number of rotatable bonds is 4. The van der Waals surface area contributed by atoms with Gasteiger partial charge < -0.3 is 9.47 Å². The summed E-state index contributed by atoms with van der Waals surface area (Å²) in [6.07, 6.45) is 9.50. The normalized spacial score (nSPS) is 24.1. The van der Waals surface area contributed by atoms with Crippen molar-refractivity contribution in [2.45, 2.75) is 64.2 Å². The summed E-state index contributed by atoms with van der Waals surface area (Å²) < 4.78 is 2.60. The fourth-order valence-electron chi connectivity index (χ4n) is 4.41. The van der Waals surface area contributed by atoms with Gasteiger partial charge in [0.25, 0.3) is 0 Å². The van der Waals surface area contributed by atoms with Gasteiger partial charge in [-0.05, 0) is 36.9 Å². The molecule has 5 nitrogen and oxygen atoms in total. The molecule has 134 valence electrons. The van der Waals surface area contributed by atoms with Crippen LogP contribution < -0.4 is 0 Å². The maximum atomic E-state index is 12.8. The monoisotopic (exact) mass is 350 g/mol. The Morgan fingerprint density at radius 2 is 2.04 bits per heavy atom. The second-order valence-electron chi connectivity index (χ2n) is 7.70. The maximum Gasteiger partial charge on any atom is 0.222 e. The zero-order valence-corrected chi connectivity index (χ0v) is 15.8. The van der Waals surface area contributed by atoms with Crippen molar-refractivity contribution < 1.29 is 4.79 Å². The molecule has 0 bridgehead atoms. The number of hydrogen-bond acceptors (Lipinski definition) is 3. The Morgan fingerprint density at radius 3 is 2.71 bits per heavy atom. The molecule has 1 saturated heterocycles. The molecular formula is C18H30N4OS. The Balaban J connectivity index is 1.58. The minimum Gasteiger partial charge on any atom is -0.342 e. The maximum absolute atomic E-state index is 12.8. The van der Waals surface area contributed by atoms with Gasteiger partial charge in [-0.15, -0.1) is 0 Å². The van der Waals surface area contributed by atoms with E-state index in [1.165, 1.54) is 32.1 Å². The van der Waals surface area contributed by atoms with E-state index in [1.807, 2.05) is 11.6 Å². The molecule has 1 aromatic heterocycles. The summed E-state index contributed by atoms with van der Waals surface area (Å²) in [6.45, 7) is 3.94. The summed E-state index contributed by atoms with van der Waals surface area (Å²) >= 11 is 5.22. The molecule has 0 aromatic carbocycles. The molecule has 1 aliphatic heterocycles. The number of aromatic amines is 1. The van der Waals surface area contributed by atoms with Gasteiger partial charge in [-0.3, -0.25) is 9.89 Å². The van der Waals surface area contributed by atoms with E-state index in [4.69, 9.17) is 12.2 Å². The molecule has 1 N–H and O–H groups in total. The standard InChI is InChI=1S/C18H30N4OS/c1-13(14-7-4-3-5-8-14)11-16(23)22-10-6-9-15(12-22)17-19-20-18(24)21(17)2/h13-15H,3-12H2,1-2H3,(H,20,24)/t13-,15-/m0/s1. The number of hydrogen-bond donors (Lipinski definition) is 1. The highest BCUT2D eigenvalue weighted by molar-refractivity contribution is 7.71. The van der Waals surface area contributed by atoms with Crippen LogP contribution in [0.25, 0.3) is 0 Å². The van der Waals surface area contributed by atoms with Gasteiger partial charge in [0, 0.05) is 32.5 Å². The van der Waals surface area contributed by atoms with Crippen LogP contribution in [0.1, 0.15) is 70.0 Å². The molecule has 1 amide bonds. The molecular weight excluding hydrogens is 320 g/mol. The minimum absolute atomic E-state index is 0.297. The number of nitrogens with zero attached hydrogens (tertiary/aromatic N) is 3. The lowest BCUT2D eigenvalue weighted by Crippen LogP contribution is -2.40. The highest BCUT2D eigenvalue weighted by Crippen LogP contribution is 2.32. The fourth-order valence-corrected chi connectivity index (χ4v) is 4.55. The van der Waals surface area contributed by atoms with E-state index in [2.05, 4.69) is 22.0 Å². The topological polar surface area (TPSA) is 53.9 Å². The molecule has 1 saturated carbocycles. The van der Waals surface area contributed by atoms with Crippen LogP contribution in [0.15, 0.2) is 0 Å². The summed E-state index contributed by atoms with van der Waals surface area (Å²) in [5.74, 6) is 2.87. The van der Waals surface area contributed by atoms with Crippen molar-refractivity contribution in [1.82, 2.24) is 19.7 Å². The predicted molar refractivity (Wildman–Crippen MR) is 97.3 cm³/mol. The van der Waals surface area contributed by atoms with Crippen LogP contribution in [0.5, 0.6) is 0 Å². The van der Waals surface area contributed by atoms with Gasteiger partial charge in [0.05, 0.1) is 0 Å². The molecule has 0 unspecified atom stereocenters. The summed E-state index contributed by atoms with van der Waals surface area (Å²) in [4.78, 5) is 14.8. The Kier molecular flexibility index (Phi) is 5.74. The fraction of sp³-hybridized carbons (Fsp3) is 0.833. The van der Waals surface area contributed by atoms with E-state index in [0.29, 0.717) is 28.9 Å². The van der Waals surface area contributed by atoms with Gasteiger partial charge >= 0.3 is 0 Å². The summed E-state index contributed by atoms with van der Waals surface area (Å²) in [5, 5.41) is 7.24. The molecule has 0 radical (unpaired) electrons. The third kappa shape index (κ3) is 3.90. The van der Waals surface area contributed by atoms with Crippen LogP contribution in [0.2, 0.25) is 0 Å². The smallest absolute Gasteiger partial charge is 0.222 e. The number of nitrogens with one attached hydrogen (secondary N) is 1. The number of amides is 1. The van der Waals surface area contributed by atoms with E-state index in [0.717, 1.165) is 37.7 Å². The number of H-pyrrole nitrogens is 1. The minimum atomic E-state index is 0.297. The Morgan fingerprint density at radius 1 is 1.29 bits per heavy atom. The molecule has 3 rings (SSSR count). The van der Waals surface area contributed by atoms with Gasteiger partial charge in [0.2, 0.25) is 5.91 Å². The van der Waals surface area contributed by atoms with Crippen molar-refractivity contribution in [2.75, 3.05) is 13.1 Å². The predicted octanol–water partition coefficient (Wildman–Crippen LogP) is 3.79. The molecule has 2 fully saturated rings. The highest BCUT2D eigenvalue weighted by Gasteiger charge is 2.29. The number of carbonyl (C=O) groups excluding carboxylic acids is 1. The Hall–Kier alpha value is -1.17. The molecule has 2 heterocycles. The van der Waals surface area contributed by atoms with Crippen molar-refractivity contribution in [2.24, 2.45) is 18.9 Å². The van der Waals surface area contributed by atoms with Gasteiger partial charge in [-0.25, -0.2) is 0 Å². The van der Waals surface area contributed by atoms with E-state index < -0.39 is 0 Å². The van der Waals surface area contributed by atoms with E-state index in [9.17, 15) is 4.79 Å². The van der Waals surface area contributed by atoms with Crippen molar-refractivity contribution in [3.8, 4) is 0 Å². The summed E-state index contributed by atoms with van der Waals surface area (Å²) in [5.41, 5.74) is 0. The molecule has 1 aliphatic carbocycles. The summed E-state index contributed by atoms with van der Waals surface area (Å²) in [6, 6.07) is 0. The number of carbonyl (C=O) groups is 1. The van der Waals surface area contributed by atoms with Gasteiger partial charge in [-0.2, -0.15) is 5.10 Å². The molecule has 2 aliphatic rings. The van der Waals surface area contributed by atoms with E-state index in [-0.39, 0.29) is 0 Å². The van der Waals surface area contributed by atoms with Gasteiger partial charge in [0.1, 0.15) is 5.82 Å². The lowest BCUT2D eigenvalue weighted by molar-refractivity contribution is -0.133. The number of aromatic nitrogens is 3. The van der Waals surface area contributed by atoms with Crippen LogP contribution >= 0.6 is 12.2 Å². The van der Waals surface area contributed by atoms with Crippen molar-refractivity contribution in [1.29, 1.82) is 0 Å². The largest absolute Gasteiger partial charge is 0.342 e. The average Bonchev–Trinajstić information content (AvgIpc) is 2.95. The van der Waals surface area contributed by atoms with Crippen LogP contribution in [-0.2, 0) is 11.8 Å². The zero-order valence-electron chi connectivity index (χ0n) is 15.0. The number of likely N-dealkylation sites (tertiary alicyclic amines) is 1. The number of piperidine rings is 1. The summed E-state index contributed by atoms with van der Waals surface area (Å²) in [7, 11) is 1.95. The van der Waals surface area contributed by atoms with Crippen LogP contribution in [0.4, 0.5) is 0 Å². The van der Waals surface area contributed by atoms with Crippen LogP contribution in [0, 0.1) is 16.6 Å². The van der Waals surface area contributed by atoms with Crippen molar-refractivity contribution >= 4 is 18.1 Å². The molecule has 24 heavy (non-hydrogen) atoms. The van der Waals surface area contributed by atoms with Crippen molar-refractivity contribution in [3.05, 3.63) is 10.6 Å². The second kappa shape index (κ2) is 7.81. The first-order chi connectivity index (χ1) is 11.6. The third-order valence-electron chi connectivity index (χ3n) is 6.00.